The van der Waals surface area contributed by atoms with Crippen LogP contribution in [0.5, 0.6) is 0 Å². The van der Waals surface area contributed by atoms with E-state index in [0.29, 0.717) is 0 Å². The summed E-state index contributed by atoms with van der Waals surface area (Å²) in [5.74, 6) is 0. The second-order valence-corrected chi connectivity index (χ2v) is 6.94. The van der Waals surface area contributed by atoms with Crippen molar-refractivity contribution in [1.29, 1.82) is 0 Å². The number of benzene rings is 2. The number of alkyl halides is 1. The molecule has 0 aliphatic carbocycles. The number of rotatable bonds is 4. The first-order valence-corrected chi connectivity index (χ1v) is 8.79. The lowest BCUT2D eigenvalue weighted by molar-refractivity contribution is 1.02. The van der Waals surface area contributed by atoms with Gasteiger partial charge in [-0.2, -0.15) is 0 Å². The molecule has 106 valence electrons. The topological polar surface area (TPSA) is 0 Å². The van der Waals surface area contributed by atoms with E-state index in [1.165, 1.54) is 27.8 Å². The molecule has 0 aliphatic rings. The molecule has 0 nitrogen and oxygen atoms in total. The summed E-state index contributed by atoms with van der Waals surface area (Å²) >= 11 is 7.49. The van der Waals surface area contributed by atoms with E-state index < -0.39 is 0 Å². The maximum Gasteiger partial charge on any atom is 0.0650 e. The van der Waals surface area contributed by atoms with Crippen molar-refractivity contribution >= 4 is 31.9 Å². The van der Waals surface area contributed by atoms with Crippen LogP contribution in [0.2, 0.25) is 0 Å². The molecule has 0 spiro atoms. The molecule has 1 atom stereocenters. The fraction of sp³-hybridized carbons (Fsp3) is 0.333. The molecular formula is C18H20Br2. The van der Waals surface area contributed by atoms with Gasteiger partial charge >= 0.3 is 0 Å². The van der Waals surface area contributed by atoms with E-state index in [1.54, 1.807) is 0 Å². The first kappa shape index (κ1) is 15.8. The minimum absolute atomic E-state index is 0.251. The number of halogens is 2. The zero-order chi connectivity index (χ0) is 14.7. The first-order valence-electron chi connectivity index (χ1n) is 7.08. The highest BCUT2D eigenvalue weighted by atomic mass is 79.9. The molecule has 0 aliphatic heterocycles. The van der Waals surface area contributed by atoms with E-state index in [-0.39, 0.29) is 4.83 Å². The lowest BCUT2D eigenvalue weighted by Crippen LogP contribution is -2.01. The van der Waals surface area contributed by atoms with Crippen LogP contribution in [0.1, 0.15) is 46.5 Å². The monoisotopic (exact) mass is 394 g/mol. The molecule has 0 radical (unpaired) electrons. The van der Waals surface area contributed by atoms with Crippen molar-refractivity contribution in [2.45, 2.75) is 38.4 Å². The Labute approximate surface area is 138 Å². The maximum absolute atomic E-state index is 3.91. The number of hydrogen-bond donors (Lipinski definition) is 0. The normalized spacial score (nSPS) is 12.4. The van der Waals surface area contributed by atoms with E-state index in [0.717, 1.165) is 17.3 Å². The fourth-order valence-corrected chi connectivity index (χ4v) is 3.77. The van der Waals surface area contributed by atoms with Gasteiger partial charge in [0.15, 0.2) is 0 Å². The SMILES string of the molecule is CCc1ccc(CC)c(C(Br)c2cc(Br)ccc2C)c1. The van der Waals surface area contributed by atoms with Gasteiger partial charge in [-0.3, -0.25) is 0 Å². The molecule has 0 bridgehead atoms. The Kier molecular flexibility index (Phi) is 5.45. The summed E-state index contributed by atoms with van der Waals surface area (Å²) in [4.78, 5) is 0.251. The average molecular weight is 396 g/mol. The van der Waals surface area contributed by atoms with Gasteiger partial charge in [-0.05, 0) is 59.7 Å². The summed E-state index contributed by atoms with van der Waals surface area (Å²) in [6.45, 7) is 6.60. The maximum atomic E-state index is 3.91. The van der Waals surface area contributed by atoms with Crippen molar-refractivity contribution in [1.82, 2.24) is 0 Å². The summed E-state index contributed by atoms with van der Waals surface area (Å²) < 4.78 is 1.13. The Bertz CT molecular complexity index is 602. The quantitative estimate of drug-likeness (QED) is 0.527. The van der Waals surface area contributed by atoms with Crippen LogP contribution in [0, 0.1) is 6.92 Å². The zero-order valence-corrected chi connectivity index (χ0v) is 15.4. The molecule has 0 heterocycles. The third-order valence-electron chi connectivity index (χ3n) is 3.79. The Balaban J connectivity index is 2.51. The zero-order valence-electron chi connectivity index (χ0n) is 12.2. The Hall–Kier alpha value is -0.600. The molecule has 2 aromatic carbocycles. The minimum atomic E-state index is 0.251. The Morgan fingerprint density at radius 2 is 1.70 bits per heavy atom. The van der Waals surface area contributed by atoms with E-state index in [1.807, 2.05) is 0 Å². The summed E-state index contributed by atoms with van der Waals surface area (Å²) in [6.07, 6.45) is 2.14. The van der Waals surface area contributed by atoms with Crippen LogP contribution >= 0.6 is 31.9 Å². The van der Waals surface area contributed by atoms with Gasteiger partial charge in [0.25, 0.3) is 0 Å². The molecule has 0 aromatic heterocycles. The summed E-state index contributed by atoms with van der Waals surface area (Å²) in [5, 5.41) is 0. The molecular weight excluding hydrogens is 376 g/mol. The van der Waals surface area contributed by atoms with Gasteiger partial charge in [0.2, 0.25) is 0 Å². The highest BCUT2D eigenvalue weighted by Crippen LogP contribution is 2.36. The van der Waals surface area contributed by atoms with Crippen LogP contribution in [-0.2, 0) is 12.8 Å². The van der Waals surface area contributed by atoms with Crippen molar-refractivity contribution in [2.75, 3.05) is 0 Å². The van der Waals surface area contributed by atoms with Gasteiger partial charge in [-0.15, -0.1) is 0 Å². The third-order valence-corrected chi connectivity index (χ3v) is 5.27. The molecule has 2 heteroatoms. The molecule has 0 saturated carbocycles. The molecule has 0 saturated heterocycles. The van der Waals surface area contributed by atoms with E-state index in [4.69, 9.17) is 0 Å². The van der Waals surface area contributed by atoms with Crippen LogP contribution in [-0.4, -0.2) is 0 Å². The van der Waals surface area contributed by atoms with Gasteiger partial charge in [-0.1, -0.05) is 70.0 Å². The summed E-state index contributed by atoms with van der Waals surface area (Å²) in [5.41, 5.74) is 6.87. The van der Waals surface area contributed by atoms with Gasteiger partial charge < -0.3 is 0 Å². The second kappa shape index (κ2) is 6.91. The molecule has 1 unspecified atom stereocenters. The number of hydrogen-bond acceptors (Lipinski definition) is 0. The van der Waals surface area contributed by atoms with Crippen molar-refractivity contribution in [2.24, 2.45) is 0 Å². The largest absolute Gasteiger partial charge is 0.0786 e. The lowest BCUT2D eigenvalue weighted by Gasteiger charge is -2.18. The molecule has 2 rings (SSSR count). The fourth-order valence-electron chi connectivity index (χ4n) is 2.47. The van der Waals surface area contributed by atoms with Crippen LogP contribution < -0.4 is 0 Å². The molecule has 20 heavy (non-hydrogen) atoms. The van der Waals surface area contributed by atoms with E-state index in [2.05, 4.69) is 89.0 Å². The molecule has 0 fully saturated rings. The Morgan fingerprint density at radius 1 is 0.950 bits per heavy atom. The predicted molar refractivity (Wildman–Crippen MR) is 94.8 cm³/mol. The van der Waals surface area contributed by atoms with E-state index in [9.17, 15) is 0 Å². The molecule has 0 N–H and O–H groups in total. The van der Waals surface area contributed by atoms with E-state index >= 15 is 0 Å². The first-order chi connectivity index (χ1) is 9.56. The summed E-state index contributed by atoms with van der Waals surface area (Å²) in [7, 11) is 0. The molecule has 2 aromatic rings. The van der Waals surface area contributed by atoms with Gasteiger partial charge in [0, 0.05) is 4.47 Å². The van der Waals surface area contributed by atoms with Crippen LogP contribution in [0.15, 0.2) is 40.9 Å². The second-order valence-electron chi connectivity index (χ2n) is 5.10. The average Bonchev–Trinajstić information content (AvgIpc) is 2.48. The van der Waals surface area contributed by atoms with Crippen molar-refractivity contribution in [3.63, 3.8) is 0 Å². The molecule has 0 amide bonds. The smallest absolute Gasteiger partial charge is 0.0650 e. The summed E-state index contributed by atoms with van der Waals surface area (Å²) in [6, 6.07) is 13.3. The van der Waals surface area contributed by atoms with Crippen LogP contribution in [0.25, 0.3) is 0 Å². The van der Waals surface area contributed by atoms with Crippen molar-refractivity contribution in [3.8, 4) is 0 Å². The highest BCUT2D eigenvalue weighted by molar-refractivity contribution is 9.10. The highest BCUT2D eigenvalue weighted by Gasteiger charge is 2.16. The lowest BCUT2D eigenvalue weighted by atomic mass is 9.93. The van der Waals surface area contributed by atoms with Gasteiger partial charge in [0.1, 0.15) is 0 Å². The van der Waals surface area contributed by atoms with Crippen molar-refractivity contribution in [3.05, 3.63) is 68.7 Å². The third kappa shape index (κ3) is 3.35. The number of aryl methyl sites for hydroxylation is 3. The standard InChI is InChI=1S/C18H20Br2/c1-4-13-7-8-14(5-2)17(10-13)18(20)16-11-15(19)9-6-12(16)3/h6-11,18H,4-5H2,1-3H3. The Morgan fingerprint density at radius 3 is 2.35 bits per heavy atom. The van der Waals surface area contributed by atoms with Crippen LogP contribution in [0.4, 0.5) is 0 Å². The van der Waals surface area contributed by atoms with Gasteiger partial charge in [-0.25, -0.2) is 0 Å². The minimum Gasteiger partial charge on any atom is -0.0786 e. The van der Waals surface area contributed by atoms with Crippen molar-refractivity contribution < 1.29 is 0 Å². The predicted octanol–water partition coefficient (Wildman–Crippen LogP) is 6.37. The van der Waals surface area contributed by atoms with Gasteiger partial charge in [0.05, 0.1) is 4.83 Å². The van der Waals surface area contributed by atoms with Crippen LogP contribution in [0.3, 0.4) is 0 Å².